The third kappa shape index (κ3) is 5.35. The highest BCUT2D eigenvalue weighted by molar-refractivity contribution is 7.99. The molecule has 0 amide bonds. The molecule has 5 aromatic carbocycles. The zero-order valence-electron chi connectivity index (χ0n) is 22.4. The Morgan fingerprint density at radius 3 is 1.81 bits per heavy atom. The molecule has 0 atom stereocenters. The smallest absolute Gasteiger partial charge is 0.326 e. The molecule has 2 heterocycles. The van der Waals surface area contributed by atoms with Crippen LogP contribution >= 0.6 is 11.8 Å². The van der Waals surface area contributed by atoms with E-state index in [1.54, 1.807) is 6.07 Å². The number of nitrogens with zero attached hydrogens (tertiary/aromatic N) is 4. The highest BCUT2D eigenvalue weighted by Crippen LogP contribution is 2.53. The van der Waals surface area contributed by atoms with Gasteiger partial charge in [-0.25, -0.2) is 4.98 Å². The van der Waals surface area contributed by atoms with Crippen molar-refractivity contribution in [3.8, 4) is 34.5 Å². The minimum Gasteiger partial charge on any atom is -0.422 e. The van der Waals surface area contributed by atoms with Crippen molar-refractivity contribution in [1.82, 2.24) is 15.0 Å². The van der Waals surface area contributed by atoms with Crippen LogP contribution in [0.4, 0.5) is 17.1 Å². The minimum atomic E-state index is -4.38. The van der Waals surface area contributed by atoms with Crippen molar-refractivity contribution in [1.29, 1.82) is 0 Å². The maximum atomic E-state index is 11.9. The average molecular weight is 603 g/mol. The van der Waals surface area contributed by atoms with Crippen molar-refractivity contribution in [3.63, 3.8) is 0 Å². The van der Waals surface area contributed by atoms with Crippen LogP contribution in [0.3, 0.4) is 0 Å². The van der Waals surface area contributed by atoms with Crippen LogP contribution in [-0.4, -0.2) is 27.9 Å². The van der Waals surface area contributed by atoms with Gasteiger partial charge >= 0.3 is 6.01 Å². The van der Waals surface area contributed by atoms with Gasteiger partial charge in [-0.1, -0.05) is 96.7 Å². The molecule has 0 fully saturated rings. The van der Waals surface area contributed by atoms with E-state index in [9.17, 15) is 13.0 Å². The lowest BCUT2D eigenvalue weighted by atomic mass is 10.1. The van der Waals surface area contributed by atoms with Gasteiger partial charge in [-0.3, -0.25) is 4.55 Å². The Bertz CT molecular complexity index is 2020. The first kappa shape index (κ1) is 26.8. The fraction of sp³-hybridized carbons (Fsp3) is 0. The van der Waals surface area contributed by atoms with Gasteiger partial charge in [-0.2, -0.15) is 18.4 Å². The van der Waals surface area contributed by atoms with E-state index in [1.807, 2.05) is 114 Å². The molecule has 1 aromatic heterocycles. The van der Waals surface area contributed by atoms with Crippen molar-refractivity contribution in [2.24, 2.45) is 0 Å². The first-order chi connectivity index (χ1) is 20.9. The van der Waals surface area contributed by atoms with E-state index in [1.165, 1.54) is 23.9 Å². The van der Waals surface area contributed by atoms with Gasteiger partial charge in [0.25, 0.3) is 10.1 Å². The molecule has 6 aromatic rings. The lowest BCUT2D eigenvalue weighted by Gasteiger charge is -2.33. The summed E-state index contributed by atoms with van der Waals surface area (Å²) in [7, 11) is -4.38. The topological polar surface area (TPSA) is 106 Å². The highest BCUT2D eigenvalue weighted by atomic mass is 32.2. The first-order valence-corrected chi connectivity index (χ1v) is 15.5. The molecule has 1 aliphatic rings. The largest absolute Gasteiger partial charge is 0.422 e. The van der Waals surface area contributed by atoms with Crippen LogP contribution in [0.15, 0.2) is 142 Å². The predicted molar refractivity (Wildman–Crippen MR) is 166 cm³/mol. The third-order valence-electron chi connectivity index (χ3n) is 6.78. The Labute approximate surface area is 252 Å². The van der Waals surface area contributed by atoms with Gasteiger partial charge in [-0.15, -0.1) is 0 Å². The summed E-state index contributed by atoms with van der Waals surface area (Å²) >= 11 is 1.43. The van der Waals surface area contributed by atoms with Crippen molar-refractivity contribution < 1.29 is 17.7 Å². The Morgan fingerprint density at radius 2 is 1.16 bits per heavy atom. The van der Waals surface area contributed by atoms with Crippen molar-refractivity contribution in [2.75, 3.05) is 4.90 Å². The van der Waals surface area contributed by atoms with E-state index in [4.69, 9.17) is 9.72 Å². The second-order valence-electron chi connectivity index (χ2n) is 9.58. The summed E-state index contributed by atoms with van der Waals surface area (Å²) in [6, 6.07) is 39.3. The Morgan fingerprint density at radius 1 is 0.605 bits per heavy atom. The molecule has 210 valence electrons. The van der Waals surface area contributed by atoms with Crippen molar-refractivity contribution in [2.45, 2.75) is 14.7 Å². The molecular weight excluding hydrogens is 581 g/mol. The minimum absolute atomic E-state index is 0.127. The number of hydrogen-bond acceptors (Lipinski definition) is 8. The molecule has 0 radical (unpaired) electrons. The van der Waals surface area contributed by atoms with E-state index in [2.05, 4.69) is 9.97 Å². The van der Waals surface area contributed by atoms with Crippen molar-refractivity contribution in [3.05, 3.63) is 127 Å². The van der Waals surface area contributed by atoms with Crippen LogP contribution in [0.2, 0.25) is 0 Å². The fourth-order valence-corrected chi connectivity index (χ4v) is 6.50. The lowest BCUT2D eigenvalue weighted by molar-refractivity contribution is 0.442. The first-order valence-electron chi connectivity index (χ1n) is 13.3. The zero-order valence-corrected chi connectivity index (χ0v) is 24.0. The molecule has 8 nitrogen and oxygen atoms in total. The summed E-state index contributed by atoms with van der Waals surface area (Å²) in [4.78, 5) is 17.5. The van der Waals surface area contributed by atoms with Crippen LogP contribution < -0.4 is 9.64 Å². The van der Waals surface area contributed by atoms with Gasteiger partial charge in [0.05, 0.1) is 22.0 Å². The van der Waals surface area contributed by atoms with Gasteiger partial charge < -0.3 is 9.64 Å². The van der Waals surface area contributed by atoms with Crippen LogP contribution in [0, 0.1) is 0 Å². The number of hydrogen-bond donors (Lipinski definition) is 1. The van der Waals surface area contributed by atoms with Gasteiger partial charge in [0.1, 0.15) is 0 Å². The number of para-hydroxylation sites is 3. The summed E-state index contributed by atoms with van der Waals surface area (Å²) < 4.78 is 40.0. The molecule has 7 rings (SSSR count). The van der Waals surface area contributed by atoms with Crippen LogP contribution in [0.25, 0.3) is 22.8 Å². The average Bonchev–Trinajstić information content (AvgIpc) is 3.04. The van der Waals surface area contributed by atoms with Gasteiger partial charge in [0.2, 0.25) is 0 Å². The third-order valence-corrected chi connectivity index (χ3v) is 8.74. The SMILES string of the molecule is O=S(=O)(O)c1ccc2c(c1)Sc1ccccc1N2c1ccccc1Oc1nc(-c2ccccc2)nc(-c2ccccc2)n1. The number of ether oxygens (including phenoxy) is 1. The molecule has 1 aliphatic heterocycles. The molecule has 0 spiro atoms. The Hall–Kier alpha value is -5.03. The number of aromatic nitrogens is 3. The van der Waals surface area contributed by atoms with E-state index in [0.717, 1.165) is 27.4 Å². The van der Waals surface area contributed by atoms with E-state index in [0.29, 0.717) is 28.0 Å². The zero-order chi connectivity index (χ0) is 29.4. The summed E-state index contributed by atoms with van der Waals surface area (Å²) in [5, 5.41) is 0. The maximum Gasteiger partial charge on any atom is 0.326 e. The Balaban J connectivity index is 1.36. The molecule has 1 N–H and O–H groups in total. The van der Waals surface area contributed by atoms with E-state index >= 15 is 0 Å². The highest BCUT2D eigenvalue weighted by Gasteiger charge is 2.28. The molecular formula is C33H22N4O4S2. The number of benzene rings is 5. The Kier molecular flexibility index (Phi) is 6.86. The summed E-state index contributed by atoms with van der Waals surface area (Å²) in [6.07, 6.45) is 0. The van der Waals surface area contributed by atoms with E-state index < -0.39 is 10.1 Å². The number of rotatable bonds is 6. The quantitative estimate of drug-likeness (QED) is 0.189. The number of fused-ring (bicyclic) bond motifs is 2. The maximum absolute atomic E-state index is 11.9. The van der Waals surface area contributed by atoms with E-state index in [-0.39, 0.29) is 10.9 Å². The normalized spacial score (nSPS) is 12.3. The number of anilines is 3. The molecule has 0 bridgehead atoms. The second kappa shape index (κ2) is 11.0. The molecule has 0 saturated carbocycles. The van der Waals surface area contributed by atoms with Crippen LogP contribution in [0.1, 0.15) is 0 Å². The monoisotopic (exact) mass is 602 g/mol. The molecule has 0 unspecified atom stereocenters. The van der Waals surface area contributed by atoms with Gasteiger partial charge in [-0.05, 0) is 42.5 Å². The summed E-state index contributed by atoms with van der Waals surface area (Å²) in [6.45, 7) is 0. The summed E-state index contributed by atoms with van der Waals surface area (Å²) in [5.41, 5.74) is 3.97. The van der Waals surface area contributed by atoms with Crippen LogP contribution in [-0.2, 0) is 10.1 Å². The second-order valence-corrected chi connectivity index (χ2v) is 12.1. The fourth-order valence-electron chi connectivity index (χ4n) is 4.82. The summed E-state index contributed by atoms with van der Waals surface area (Å²) in [5.74, 6) is 1.44. The van der Waals surface area contributed by atoms with Gasteiger partial charge in [0, 0.05) is 20.9 Å². The lowest BCUT2D eigenvalue weighted by Crippen LogP contribution is -2.16. The standard InChI is InChI=1S/C33H22N4O4S2/c38-43(39,40)24-19-20-27-30(21-24)42-29-18-10-8-16-26(29)37(27)25-15-7-9-17-28(25)41-33-35-31(22-11-3-1-4-12-22)34-32(36-33)23-13-5-2-6-14-23/h1-21H,(H,38,39,40). The van der Waals surface area contributed by atoms with Crippen LogP contribution in [0.5, 0.6) is 11.8 Å². The predicted octanol–water partition coefficient (Wildman–Crippen LogP) is 8.18. The van der Waals surface area contributed by atoms with Crippen molar-refractivity contribution >= 4 is 38.9 Å². The molecule has 43 heavy (non-hydrogen) atoms. The molecule has 0 saturated heterocycles. The van der Waals surface area contributed by atoms with Gasteiger partial charge in [0.15, 0.2) is 17.4 Å². The molecule has 0 aliphatic carbocycles. The molecule has 10 heteroatoms.